The van der Waals surface area contributed by atoms with Crippen LogP contribution in [0.2, 0.25) is 0 Å². The molecule has 1 saturated heterocycles. The van der Waals surface area contributed by atoms with Gasteiger partial charge in [-0.2, -0.15) is 4.80 Å². The summed E-state index contributed by atoms with van der Waals surface area (Å²) in [4.78, 5) is 15.7. The number of ether oxygens (including phenoxy) is 2. The van der Waals surface area contributed by atoms with Gasteiger partial charge < -0.3 is 14.4 Å². The zero-order valence-corrected chi connectivity index (χ0v) is 23.9. The molecule has 1 spiro atoms. The van der Waals surface area contributed by atoms with Crippen molar-refractivity contribution in [2.75, 3.05) is 25.9 Å². The molecule has 40 heavy (non-hydrogen) atoms. The normalized spacial score (nSPS) is 16.7. The molecule has 0 bridgehead atoms. The van der Waals surface area contributed by atoms with Crippen LogP contribution in [0.3, 0.4) is 0 Å². The Morgan fingerprint density at radius 2 is 1.75 bits per heavy atom. The average Bonchev–Trinajstić information content (AvgIpc) is 3.36. The van der Waals surface area contributed by atoms with E-state index in [1.165, 1.54) is 4.80 Å². The minimum absolute atomic E-state index is 0.181. The van der Waals surface area contributed by atoms with E-state index in [4.69, 9.17) is 9.47 Å². The molecule has 212 valence electrons. The van der Waals surface area contributed by atoms with E-state index in [0.29, 0.717) is 31.8 Å². The van der Waals surface area contributed by atoms with Crippen molar-refractivity contribution in [3.63, 3.8) is 0 Å². The summed E-state index contributed by atoms with van der Waals surface area (Å²) in [6.45, 7) is 7.15. The molecular formula is C28H34N6O5S. The number of aromatic nitrogens is 4. The second-order valence-electron chi connectivity index (χ2n) is 11.1. The van der Waals surface area contributed by atoms with Gasteiger partial charge in [0.05, 0.1) is 12.8 Å². The number of hydrogen-bond donors (Lipinski definition) is 1. The lowest BCUT2D eigenvalue weighted by molar-refractivity contribution is -0.00116. The minimum atomic E-state index is -3.28. The number of sulfonamides is 1. The third kappa shape index (κ3) is 6.50. The largest absolute Gasteiger partial charge is 0.482 e. The second kappa shape index (κ2) is 10.7. The molecule has 11 nitrogen and oxygen atoms in total. The molecule has 3 heterocycles. The maximum Gasteiger partial charge on any atom is 0.410 e. The first kappa shape index (κ1) is 27.8. The summed E-state index contributed by atoms with van der Waals surface area (Å²) in [6, 6.07) is 15.9. The molecule has 0 aliphatic carbocycles. The summed E-state index contributed by atoms with van der Waals surface area (Å²) in [5, 5.41) is 12.5. The van der Waals surface area contributed by atoms with Crippen LogP contribution in [-0.4, -0.2) is 76.7 Å². The molecule has 1 aromatic heterocycles. The number of carbonyl (C=O) groups excluding carboxylic acids is 1. The van der Waals surface area contributed by atoms with Crippen molar-refractivity contribution in [3.05, 3.63) is 65.7 Å². The first-order chi connectivity index (χ1) is 18.9. The number of hydrogen-bond acceptors (Lipinski definition) is 8. The topological polar surface area (TPSA) is 129 Å². The van der Waals surface area contributed by atoms with Crippen molar-refractivity contribution < 1.29 is 22.7 Å². The van der Waals surface area contributed by atoms with E-state index in [-0.39, 0.29) is 19.2 Å². The van der Waals surface area contributed by atoms with Crippen molar-refractivity contribution in [2.24, 2.45) is 0 Å². The van der Waals surface area contributed by atoms with Gasteiger partial charge in [0.2, 0.25) is 15.8 Å². The van der Waals surface area contributed by atoms with Crippen LogP contribution in [0.25, 0.3) is 17.0 Å². The predicted molar refractivity (Wildman–Crippen MR) is 150 cm³/mol. The summed E-state index contributed by atoms with van der Waals surface area (Å²) in [6.07, 6.45) is 4.32. The van der Waals surface area contributed by atoms with Gasteiger partial charge in [-0.1, -0.05) is 42.5 Å². The minimum Gasteiger partial charge on any atom is -0.482 e. The lowest BCUT2D eigenvalue weighted by Crippen LogP contribution is -2.50. The smallest absolute Gasteiger partial charge is 0.410 e. The molecular weight excluding hydrogens is 532 g/mol. The number of amides is 1. The zero-order valence-electron chi connectivity index (χ0n) is 23.1. The molecule has 2 aromatic carbocycles. The summed E-state index contributed by atoms with van der Waals surface area (Å²) in [5.41, 5.74) is 2.85. The fraction of sp³-hybridized carbons (Fsp3) is 0.429. The summed E-state index contributed by atoms with van der Waals surface area (Å²) in [5.74, 6) is 1.28. The third-order valence-electron chi connectivity index (χ3n) is 6.74. The lowest BCUT2D eigenvalue weighted by Gasteiger charge is -2.43. The Balaban J connectivity index is 1.34. The highest BCUT2D eigenvalue weighted by atomic mass is 32.2. The number of rotatable bonds is 6. The van der Waals surface area contributed by atoms with E-state index < -0.39 is 21.2 Å². The molecule has 0 atom stereocenters. The molecule has 0 radical (unpaired) electrons. The molecule has 2 aliphatic rings. The number of fused-ring (bicyclic) bond motifs is 1. The van der Waals surface area contributed by atoms with Gasteiger partial charge in [-0.15, -0.1) is 10.2 Å². The van der Waals surface area contributed by atoms with Gasteiger partial charge in [-0.25, -0.2) is 17.9 Å². The first-order valence-corrected chi connectivity index (χ1v) is 15.1. The van der Waals surface area contributed by atoms with Crippen molar-refractivity contribution in [1.29, 1.82) is 0 Å². The highest BCUT2D eigenvalue weighted by molar-refractivity contribution is 7.88. The van der Waals surface area contributed by atoms with E-state index >= 15 is 0 Å². The molecule has 1 N–H and O–H groups in total. The van der Waals surface area contributed by atoms with Crippen LogP contribution < -0.4 is 9.46 Å². The quantitative estimate of drug-likeness (QED) is 0.480. The van der Waals surface area contributed by atoms with Gasteiger partial charge in [-0.3, -0.25) is 0 Å². The number of carbonyl (C=O) groups is 1. The molecule has 12 heteroatoms. The SMILES string of the molecule is CC(C)(C)OC(=O)N1CCC2(C=C(c3ccc(-c4nnn(CCNS(C)(=O)=O)n4)cc3)c3ccccc3O2)CC1. The monoisotopic (exact) mass is 566 g/mol. The molecule has 1 fully saturated rings. The number of nitrogens with zero attached hydrogens (tertiary/aromatic N) is 5. The van der Waals surface area contributed by atoms with Gasteiger partial charge >= 0.3 is 6.09 Å². The number of para-hydroxylation sites is 1. The Kier molecular flexibility index (Phi) is 7.40. The van der Waals surface area contributed by atoms with Crippen LogP contribution >= 0.6 is 0 Å². The van der Waals surface area contributed by atoms with E-state index in [2.05, 4.69) is 32.3 Å². The van der Waals surface area contributed by atoms with Gasteiger partial charge in [0, 0.05) is 43.6 Å². The summed E-state index contributed by atoms with van der Waals surface area (Å²) >= 11 is 0. The maximum absolute atomic E-state index is 12.6. The second-order valence-corrected chi connectivity index (χ2v) is 13.0. The Hall–Kier alpha value is -3.77. The van der Waals surface area contributed by atoms with Crippen molar-refractivity contribution in [2.45, 2.75) is 51.4 Å². The number of piperidine rings is 1. The van der Waals surface area contributed by atoms with Crippen LogP contribution in [0.5, 0.6) is 5.75 Å². The highest BCUT2D eigenvalue weighted by Crippen LogP contribution is 2.43. The van der Waals surface area contributed by atoms with Gasteiger partial charge in [0.15, 0.2) is 0 Å². The fourth-order valence-corrected chi connectivity index (χ4v) is 5.29. The van der Waals surface area contributed by atoms with Gasteiger partial charge in [0.1, 0.15) is 17.0 Å². The van der Waals surface area contributed by atoms with E-state index in [1.54, 1.807) is 4.90 Å². The number of benzene rings is 2. The van der Waals surface area contributed by atoms with Crippen LogP contribution in [0.1, 0.15) is 44.7 Å². The molecule has 1 amide bonds. The maximum atomic E-state index is 12.6. The van der Waals surface area contributed by atoms with Crippen LogP contribution in [-0.2, 0) is 21.3 Å². The Morgan fingerprint density at radius 1 is 1.07 bits per heavy atom. The fourth-order valence-electron chi connectivity index (χ4n) is 4.83. The molecule has 3 aromatic rings. The lowest BCUT2D eigenvalue weighted by atomic mass is 9.83. The molecule has 0 unspecified atom stereocenters. The van der Waals surface area contributed by atoms with Crippen LogP contribution in [0.15, 0.2) is 54.6 Å². The Labute approximate surface area is 234 Å². The highest BCUT2D eigenvalue weighted by Gasteiger charge is 2.40. The van der Waals surface area contributed by atoms with Crippen LogP contribution in [0.4, 0.5) is 4.79 Å². The summed E-state index contributed by atoms with van der Waals surface area (Å²) in [7, 11) is -3.28. The van der Waals surface area contributed by atoms with E-state index in [0.717, 1.165) is 34.3 Å². The summed E-state index contributed by atoms with van der Waals surface area (Å²) < 4.78 is 37.1. The number of nitrogens with one attached hydrogen (secondary N) is 1. The zero-order chi connectivity index (χ0) is 28.5. The van der Waals surface area contributed by atoms with E-state index in [1.807, 2.05) is 63.2 Å². The van der Waals surface area contributed by atoms with Crippen molar-refractivity contribution >= 4 is 21.7 Å². The molecule has 2 aliphatic heterocycles. The van der Waals surface area contributed by atoms with Crippen molar-refractivity contribution in [3.8, 4) is 17.1 Å². The Morgan fingerprint density at radius 3 is 2.42 bits per heavy atom. The Bertz CT molecular complexity index is 1520. The van der Waals surface area contributed by atoms with Crippen molar-refractivity contribution in [1.82, 2.24) is 29.8 Å². The third-order valence-corrected chi connectivity index (χ3v) is 7.47. The number of tetrazole rings is 1. The average molecular weight is 567 g/mol. The van der Waals surface area contributed by atoms with E-state index in [9.17, 15) is 13.2 Å². The van der Waals surface area contributed by atoms with Gasteiger partial charge in [0.25, 0.3) is 0 Å². The van der Waals surface area contributed by atoms with Crippen LogP contribution in [0, 0.1) is 0 Å². The first-order valence-electron chi connectivity index (χ1n) is 13.2. The standard InChI is InChI=1S/C28H34N6O5S/c1-27(2,3)39-26(35)33-16-13-28(14-17-33)19-23(22-7-5-6-8-24(22)38-28)20-9-11-21(12-10-20)25-30-32-34(31-25)18-15-29-40(4,36)37/h5-12,19,29H,13-18H2,1-4H3. The molecule has 5 rings (SSSR count). The number of likely N-dealkylation sites (tertiary alicyclic amines) is 1. The molecule has 0 saturated carbocycles. The van der Waals surface area contributed by atoms with Gasteiger partial charge in [-0.05, 0) is 49.3 Å². The predicted octanol–water partition coefficient (Wildman–Crippen LogP) is 3.48.